The number of aryl methyl sites for hydroxylation is 1. The summed E-state index contributed by atoms with van der Waals surface area (Å²) in [5.41, 5.74) is 1.08. The number of benzene rings is 1. The zero-order valence-corrected chi connectivity index (χ0v) is 16.6. The number of rotatable bonds is 5. The number of halogens is 2. The average Bonchev–Trinajstić information content (AvgIpc) is 2.82. The first kappa shape index (κ1) is 21.7. The highest BCUT2D eigenvalue weighted by Crippen LogP contribution is 2.34. The Balaban J connectivity index is 0.00000163. The monoisotopic (exact) mass is 382 g/mol. The predicted octanol–water partition coefficient (Wildman–Crippen LogP) is 5.28. The molecule has 0 spiro atoms. The molecule has 7 heteroatoms. The minimum atomic E-state index is -0.680. The standard InChI is InChI=1S/C17H18ClFN2O3.C2H6/c1-5-24-17(23)13-14(18)15(10(3)22)21(4)16(13)20-12-7-6-9(2)8-11(12)19;1-2/h6-8,20H,5H2,1-4H3;1-2H3. The van der Waals surface area contributed by atoms with E-state index in [1.54, 1.807) is 33.0 Å². The third-order valence-corrected chi connectivity index (χ3v) is 3.89. The van der Waals surface area contributed by atoms with Crippen LogP contribution in [0.25, 0.3) is 0 Å². The van der Waals surface area contributed by atoms with E-state index >= 15 is 0 Å². The van der Waals surface area contributed by atoms with E-state index in [2.05, 4.69) is 5.32 Å². The largest absolute Gasteiger partial charge is 0.462 e. The molecule has 0 aliphatic heterocycles. The molecule has 0 aliphatic rings. The van der Waals surface area contributed by atoms with Crippen molar-refractivity contribution in [2.45, 2.75) is 34.6 Å². The summed E-state index contributed by atoms with van der Waals surface area (Å²) in [7, 11) is 1.57. The molecule has 0 amide bonds. The maximum atomic E-state index is 14.1. The molecule has 0 saturated heterocycles. The van der Waals surface area contributed by atoms with E-state index in [1.807, 2.05) is 13.8 Å². The first-order chi connectivity index (χ1) is 12.3. The van der Waals surface area contributed by atoms with Crippen molar-refractivity contribution in [1.29, 1.82) is 0 Å². The van der Waals surface area contributed by atoms with E-state index in [4.69, 9.17) is 16.3 Å². The molecule has 0 bridgehead atoms. The minimum Gasteiger partial charge on any atom is -0.462 e. The molecular formula is C19H24ClFN2O3. The van der Waals surface area contributed by atoms with Gasteiger partial charge in [-0.25, -0.2) is 9.18 Å². The van der Waals surface area contributed by atoms with Crippen LogP contribution in [0.15, 0.2) is 18.2 Å². The van der Waals surface area contributed by atoms with Gasteiger partial charge in [-0.2, -0.15) is 0 Å². The van der Waals surface area contributed by atoms with Gasteiger partial charge in [0.15, 0.2) is 5.78 Å². The van der Waals surface area contributed by atoms with Crippen LogP contribution in [0.4, 0.5) is 15.9 Å². The zero-order valence-electron chi connectivity index (χ0n) is 15.9. The highest BCUT2D eigenvalue weighted by molar-refractivity contribution is 6.37. The van der Waals surface area contributed by atoms with E-state index < -0.39 is 11.8 Å². The number of ether oxygens (including phenoxy) is 1. The summed E-state index contributed by atoms with van der Waals surface area (Å²) in [6.07, 6.45) is 0. The molecule has 5 nitrogen and oxygen atoms in total. The zero-order chi connectivity index (χ0) is 20.0. The molecule has 0 unspecified atom stereocenters. The quantitative estimate of drug-likeness (QED) is 0.564. The Morgan fingerprint density at radius 3 is 2.42 bits per heavy atom. The smallest absolute Gasteiger partial charge is 0.343 e. The number of carbonyl (C=O) groups excluding carboxylic acids is 2. The Morgan fingerprint density at radius 2 is 1.92 bits per heavy atom. The Labute approximate surface area is 158 Å². The maximum absolute atomic E-state index is 14.1. The SMILES string of the molecule is CC.CCOC(=O)c1c(Cl)c(C(C)=O)n(C)c1Nc1ccc(C)cc1F. The van der Waals surface area contributed by atoms with Crippen LogP contribution in [-0.4, -0.2) is 22.9 Å². The van der Waals surface area contributed by atoms with Crippen LogP contribution in [0.2, 0.25) is 5.02 Å². The summed E-state index contributed by atoms with van der Waals surface area (Å²) in [5.74, 6) is -1.27. The molecule has 0 aliphatic carbocycles. The fraction of sp³-hybridized carbons (Fsp3) is 0.368. The van der Waals surface area contributed by atoms with E-state index in [1.165, 1.54) is 17.6 Å². The first-order valence-electron chi connectivity index (χ1n) is 8.37. The summed E-state index contributed by atoms with van der Waals surface area (Å²) in [4.78, 5) is 24.1. The number of nitrogens with zero attached hydrogens (tertiary/aromatic N) is 1. The molecule has 142 valence electrons. The molecular weight excluding hydrogens is 359 g/mol. The fourth-order valence-electron chi connectivity index (χ4n) is 2.42. The third kappa shape index (κ3) is 4.43. The lowest BCUT2D eigenvalue weighted by Gasteiger charge is -2.12. The van der Waals surface area contributed by atoms with Gasteiger partial charge in [-0.3, -0.25) is 4.79 Å². The van der Waals surface area contributed by atoms with Gasteiger partial charge in [0.05, 0.1) is 17.3 Å². The number of esters is 1. The van der Waals surface area contributed by atoms with Gasteiger partial charge in [0.25, 0.3) is 0 Å². The van der Waals surface area contributed by atoms with Gasteiger partial charge >= 0.3 is 5.97 Å². The van der Waals surface area contributed by atoms with Crippen molar-refractivity contribution in [3.63, 3.8) is 0 Å². The van der Waals surface area contributed by atoms with Gasteiger partial charge in [-0.05, 0) is 31.5 Å². The Morgan fingerprint density at radius 1 is 1.31 bits per heavy atom. The summed E-state index contributed by atoms with van der Waals surface area (Å²) >= 11 is 6.22. The Bertz CT molecular complexity index is 816. The maximum Gasteiger partial charge on any atom is 0.343 e. The summed E-state index contributed by atoms with van der Waals surface area (Å²) in [6, 6.07) is 4.64. The molecule has 0 atom stereocenters. The summed E-state index contributed by atoms with van der Waals surface area (Å²) in [5, 5.41) is 2.83. The fourth-order valence-corrected chi connectivity index (χ4v) is 2.85. The molecule has 26 heavy (non-hydrogen) atoms. The molecule has 2 rings (SSSR count). The number of aromatic nitrogens is 1. The van der Waals surface area contributed by atoms with Crippen LogP contribution in [-0.2, 0) is 11.8 Å². The van der Waals surface area contributed by atoms with Gasteiger partial charge in [-0.15, -0.1) is 0 Å². The molecule has 1 aromatic heterocycles. The lowest BCUT2D eigenvalue weighted by Crippen LogP contribution is -2.09. The number of ketones is 1. The lowest BCUT2D eigenvalue weighted by molar-refractivity contribution is 0.0528. The first-order valence-corrected chi connectivity index (χ1v) is 8.75. The van der Waals surface area contributed by atoms with Crippen molar-refractivity contribution in [3.05, 3.63) is 45.9 Å². The number of nitrogens with one attached hydrogen (secondary N) is 1. The minimum absolute atomic E-state index is 0.00573. The molecule has 0 saturated carbocycles. The third-order valence-electron chi connectivity index (χ3n) is 3.53. The van der Waals surface area contributed by atoms with Crippen molar-refractivity contribution in [2.24, 2.45) is 7.05 Å². The number of carbonyl (C=O) groups is 2. The van der Waals surface area contributed by atoms with Crippen LogP contribution < -0.4 is 5.32 Å². The molecule has 0 fully saturated rings. The van der Waals surface area contributed by atoms with Crippen LogP contribution in [0.1, 0.15) is 54.1 Å². The molecule has 0 radical (unpaired) electrons. The van der Waals surface area contributed by atoms with E-state index in [0.29, 0.717) is 0 Å². The lowest BCUT2D eigenvalue weighted by atomic mass is 10.2. The molecule has 1 aromatic carbocycles. The number of Topliss-reactive ketones (excluding diaryl/α,β-unsaturated/α-hetero) is 1. The van der Waals surface area contributed by atoms with Crippen molar-refractivity contribution in [1.82, 2.24) is 4.57 Å². The number of hydrogen-bond donors (Lipinski definition) is 1. The number of anilines is 2. The van der Waals surface area contributed by atoms with Gasteiger partial charge < -0.3 is 14.6 Å². The van der Waals surface area contributed by atoms with Gasteiger partial charge in [0.2, 0.25) is 0 Å². The van der Waals surface area contributed by atoms with Gasteiger partial charge in [0, 0.05) is 14.0 Å². The Hall–Kier alpha value is -2.34. The Kier molecular flexibility index (Phi) is 7.83. The van der Waals surface area contributed by atoms with E-state index in [0.717, 1.165) is 5.56 Å². The van der Waals surface area contributed by atoms with E-state index in [-0.39, 0.29) is 40.2 Å². The second-order valence-electron chi connectivity index (χ2n) is 5.33. The van der Waals surface area contributed by atoms with Gasteiger partial charge in [-0.1, -0.05) is 31.5 Å². The second-order valence-corrected chi connectivity index (χ2v) is 5.71. The van der Waals surface area contributed by atoms with Crippen LogP contribution in [0, 0.1) is 12.7 Å². The predicted molar refractivity (Wildman–Crippen MR) is 102 cm³/mol. The van der Waals surface area contributed by atoms with E-state index in [9.17, 15) is 14.0 Å². The van der Waals surface area contributed by atoms with Crippen molar-refractivity contribution >= 4 is 34.9 Å². The molecule has 1 heterocycles. The van der Waals surface area contributed by atoms with Crippen molar-refractivity contribution < 1.29 is 18.7 Å². The van der Waals surface area contributed by atoms with Crippen LogP contribution in [0.3, 0.4) is 0 Å². The van der Waals surface area contributed by atoms with Crippen LogP contribution >= 0.6 is 11.6 Å². The normalized spacial score (nSPS) is 10.0. The molecule has 1 N–H and O–H groups in total. The molecule has 2 aromatic rings. The van der Waals surface area contributed by atoms with Gasteiger partial charge in [0.1, 0.15) is 22.9 Å². The average molecular weight is 383 g/mol. The summed E-state index contributed by atoms with van der Waals surface area (Å²) < 4.78 is 20.6. The highest BCUT2D eigenvalue weighted by atomic mass is 35.5. The number of hydrogen-bond acceptors (Lipinski definition) is 4. The summed E-state index contributed by atoms with van der Waals surface area (Å²) in [6.45, 7) is 8.92. The van der Waals surface area contributed by atoms with Crippen molar-refractivity contribution in [3.8, 4) is 0 Å². The van der Waals surface area contributed by atoms with Crippen molar-refractivity contribution in [2.75, 3.05) is 11.9 Å². The highest BCUT2D eigenvalue weighted by Gasteiger charge is 2.28. The topological polar surface area (TPSA) is 60.3 Å². The van der Waals surface area contributed by atoms with Crippen LogP contribution in [0.5, 0.6) is 0 Å². The second kappa shape index (κ2) is 9.38.